The molecule has 2 unspecified atom stereocenters. The molecular weight excluding hydrogens is 360 g/mol. The van der Waals surface area contributed by atoms with Crippen LogP contribution in [0, 0.1) is 11.8 Å². The first kappa shape index (κ1) is 19.6. The van der Waals surface area contributed by atoms with E-state index in [0.717, 1.165) is 17.7 Å². The van der Waals surface area contributed by atoms with Gasteiger partial charge in [-0.25, -0.2) is 8.42 Å². The first-order valence-corrected chi connectivity index (χ1v) is 10.7. The highest BCUT2D eigenvalue weighted by Gasteiger charge is 2.33. The van der Waals surface area contributed by atoms with Gasteiger partial charge in [-0.15, -0.1) is 0 Å². The summed E-state index contributed by atoms with van der Waals surface area (Å²) in [6, 6.07) is 15.1. The van der Waals surface area contributed by atoms with E-state index in [0.29, 0.717) is 11.5 Å². The number of nitrogens with one attached hydrogen (secondary N) is 1. The molecule has 1 aliphatic heterocycles. The average molecular weight is 387 g/mol. The predicted octanol–water partition coefficient (Wildman–Crippen LogP) is 4.20. The van der Waals surface area contributed by atoms with Crippen LogP contribution in [-0.4, -0.2) is 20.4 Å². The summed E-state index contributed by atoms with van der Waals surface area (Å²) in [5.74, 6) is 0.467. The molecule has 0 aliphatic carbocycles. The molecule has 0 saturated heterocycles. The fraction of sp³-hybridized carbons (Fsp3) is 0.381. The van der Waals surface area contributed by atoms with Gasteiger partial charge in [-0.2, -0.15) is 4.72 Å². The van der Waals surface area contributed by atoms with E-state index in [-0.39, 0.29) is 10.8 Å². The zero-order chi connectivity index (χ0) is 19.6. The van der Waals surface area contributed by atoms with E-state index < -0.39 is 16.3 Å². The summed E-state index contributed by atoms with van der Waals surface area (Å²) in [5.41, 5.74) is 3.56. The third-order valence-corrected chi connectivity index (χ3v) is 6.26. The van der Waals surface area contributed by atoms with Crippen molar-refractivity contribution in [2.24, 2.45) is 17.0 Å². The lowest BCUT2D eigenvalue weighted by molar-refractivity contribution is 0.0576. The van der Waals surface area contributed by atoms with Crippen LogP contribution in [0.15, 0.2) is 58.6 Å². The average Bonchev–Trinajstić information content (AvgIpc) is 2.93. The minimum absolute atomic E-state index is 0.109. The van der Waals surface area contributed by atoms with Crippen LogP contribution in [0.4, 0.5) is 0 Å². The monoisotopic (exact) mass is 386 g/mol. The summed E-state index contributed by atoms with van der Waals surface area (Å²) < 4.78 is 28.6. The molecule has 144 valence electrons. The number of hydrogen-bond donors (Lipinski definition) is 1. The van der Waals surface area contributed by atoms with Gasteiger partial charge in [0.2, 0.25) is 10.0 Å². The summed E-state index contributed by atoms with van der Waals surface area (Å²) in [6.45, 7) is 8.07. The number of hydrogen-bond acceptors (Lipinski definition) is 4. The molecule has 0 amide bonds. The lowest BCUT2D eigenvalue weighted by Crippen LogP contribution is -2.39. The molecular formula is C21H26N2O3S. The molecule has 1 heterocycles. The van der Waals surface area contributed by atoms with E-state index in [2.05, 4.69) is 35.9 Å². The molecule has 5 nitrogen and oxygen atoms in total. The Hall–Kier alpha value is -2.18. The zero-order valence-electron chi connectivity index (χ0n) is 16.1. The summed E-state index contributed by atoms with van der Waals surface area (Å²) in [5, 5.41) is 3.88. The minimum Gasteiger partial charge on any atom is -0.375 e. The molecule has 0 radical (unpaired) electrons. The second-order valence-electron chi connectivity index (χ2n) is 7.46. The summed E-state index contributed by atoms with van der Waals surface area (Å²) in [6.07, 6.45) is 0.314. The zero-order valence-corrected chi connectivity index (χ0v) is 17.0. The van der Waals surface area contributed by atoms with Gasteiger partial charge in [0.05, 0.1) is 16.5 Å². The van der Waals surface area contributed by atoms with Crippen molar-refractivity contribution in [1.29, 1.82) is 0 Å². The maximum Gasteiger partial charge on any atom is 0.244 e. The van der Waals surface area contributed by atoms with Gasteiger partial charge in [0, 0.05) is 5.56 Å². The Morgan fingerprint density at radius 1 is 1.11 bits per heavy atom. The van der Waals surface area contributed by atoms with Gasteiger partial charge in [0.25, 0.3) is 0 Å². The molecule has 1 aliphatic rings. The Morgan fingerprint density at radius 2 is 1.78 bits per heavy atom. The first-order chi connectivity index (χ1) is 12.8. The Bertz CT molecular complexity index is 934. The molecule has 0 aromatic heterocycles. The van der Waals surface area contributed by atoms with Crippen LogP contribution in [0.3, 0.4) is 0 Å². The van der Waals surface area contributed by atoms with Crippen molar-refractivity contribution in [1.82, 2.24) is 4.72 Å². The SMILES string of the molecule is CC1=NOC(NS(=O)(=O)c2ccccc2-c2ccc(CC(C)C)cc2)C1C. The van der Waals surface area contributed by atoms with Crippen molar-refractivity contribution in [2.75, 3.05) is 0 Å². The van der Waals surface area contributed by atoms with Gasteiger partial charge >= 0.3 is 0 Å². The number of oxime groups is 1. The molecule has 2 atom stereocenters. The predicted molar refractivity (Wildman–Crippen MR) is 108 cm³/mol. The van der Waals surface area contributed by atoms with Gasteiger partial charge in [0.1, 0.15) is 0 Å². The normalized spacial score (nSPS) is 19.8. The van der Waals surface area contributed by atoms with Crippen LogP contribution < -0.4 is 4.72 Å². The molecule has 27 heavy (non-hydrogen) atoms. The number of sulfonamides is 1. The molecule has 6 heteroatoms. The van der Waals surface area contributed by atoms with E-state index >= 15 is 0 Å². The van der Waals surface area contributed by atoms with Crippen molar-refractivity contribution >= 4 is 15.7 Å². The summed E-state index contributed by atoms with van der Waals surface area (Å²) in [4.78, 5) is 5.47. The van der Waals surface area contributed by atoms with Gasteiger partial charge in [-0.05, 0) is 36.5 Å². The van der Waals surface area contributed by atoms with Gasteiger partial charge < -0.3 is 4.84 Å². The van der Waals surface area contributed by atoms with Crippen molar-refractivity contribution in [3.8, 4) is 11.1 Å². The van der Waals surface area contributed by atoms with E-state index in [1.165, 1.54) is 5.56 Å². The summed E-state index contributed by atoms with van der Waals surface area (Å²) in [7, 11) is -3.76. The van der Waals surface area contributed by atoms with E-state index in [1.54, 1.807) is 12.1 Å². The molecule has 0 spiro atoms. The van der Waals surface area contributed by atoms with Crippen molar-refractivity contribution in [2.45, 2.75) is 45.2 Å². The highest BCUT2D eigenvalue weighted by atomic mass is 32.2. The fourth-order valence-corrected chi connectivity index (χ4v) is 4.52. The third-order valence-electron chi connectivity index (χ3n) is 4.78. The highest BCUT2D eigenvalue weighted by Crippen LogP contribution is 2.29. The van der Waals surface area contributed by atoms with Gasteiger partial charge in [-0.3, -0.25) is 0 Å². The Kier molecular flexibility index (Phi) is 5.67. The van der Waals surface area contributed by atoms with Crippen LogP contribution in [0.25, 0.3) is 11.1 Å². The number of nitrogens with zero attached hydrogens (tertiary/aromatic N) is 1. The molecule has 3 rings (SSSR count). The second-order valence-corrected chi connectivity index (χ2v) is 9.14. The van der Waals surface area contributed by atoms with E-state index in [9.17, 15) is 8.42 Å². The quantitative estimate of drug-likeness (QED) is 0.809. The fourth-order valence-electron chi connectivity index (χ4n) is 3.10. The van der Waals surface area contributed by atoms with Crippen LogP contribution in [0.1, 0.15) is 33.3 Å². The molecule has 2 aromatic carbocycles. The molecule has 0 saturated carbocycles. The summed E-state index contributed by atoms with van der Waals surface area (Å²) >= 11 is 0. The van der Waals surface area contributed by atoms with Crippen molar-refractivity contribution in [3.63, 3.8) is 0 Å². The van der Waals surface area contributed by atoms with Crippen molar-refractivity contribution < 1.29 is 13.3 Å². The first-order valence-electron chi connectivity index (χ1n) is 9.19. The Labute approximate surface area is 161 Å². The van der Waals surface area contributed by atoms with Crippen LogP contribution in [-0.2, 0) is 21.3 Å². The molecule has 2 aromatic rings. The number of benzene rings is 2. The highest BCUT2D eigenvalue weighted by molar-refractivity contribution is 7.89. The Morgan fingerprint density at radius 3 is 2.37 bits per heavy atom. The minimum atomic E-state index is -3.76. The maximum atomic E-state index is 13.0. The smallest absolute Gasteiger partial charge is 0.244 e. The van der Waals surface area contributed by atoms with E-state index in [1.807, 2.05) is 38.1 Å². The standard InChI is InChI=1S/C21H26N2O3S/c1-14(2)13-17-9-11-18(12-10-17)19-7-5-6-8-20(19)27(24,25)23-21-15(3)16(4)22-26-21/h5-12,14-15,21,23H,13H2,1-4H3. The maximum absolute atomic E-state index is 13.0. The molecule has 1 N–H and O–H groups in total. The lowest BCUT2D eigenvalue weighted by atomic mass is 9.99. The van der Waals surface area contributed by atoms with E-state index in [4.69, 9.17) is 4.84 Å². The van der Waals surface area contributed by atoms with Gasteiger partial charge in [0.15, 0.2) is 6.23 Å². The lowest BCUT2D eigenvalue weighted by Gasteiger charge is -2.17. The van der Waals surface area contributed by atoms with Crippen LogP contribution in [0.2, 0.25) is 0 Å². The second kappa shape index (κ2) is 7.82. The largest absolute Gasteiger partial charge is 0.375 e. The topological polar surface area (TPSA) is 67.8 Å². The van der Waals surface area contributed by atoms with Crippen LogP contribution >= 0.6 is 0 Å². The van der Waals surface area contributed by atoms with Crippen molar-refractivity contribution in [3.05, 3.63) is 54.1 Å². The van der Waals surface area contributed by atoms with Gasteiger partial charge in [-0.1, -0.05) is 68.4 Å². The Balaban J connectivity index is 1.89. The van der Waals surface area contributed by atoms with Crippen LogP contribution in [0.5, 0.6) is 0 Å². The molecule has 0 fully saturated rings. The third kappa shape index (κ3) is 4.39. The molecule has 0 bridgehead atoms. The number of rotatable bonds is 6.